The van der Waals surface area contributed by atoms with Crippen LogP contribution in [0.4, 0.5) is 0 Å². The third kappa shape index (κ3) is 4.76. The van der Waals surface area contributed by atoms with Crippen LogP contribution in [0.1, 0.15) is 31.0 Å². The van der Waals surface area contributed by atoms with Crippen LogP contribution in [-0.4, -0.2) is 11.0 Å². The molecule has 0 unspecified atom stereocenters. The van der Waals surface area contributed by atoms with Crippen molar-refractivity contribution in [1.29, 1.82) is 0 Å². The van der Waals surface area contributed by atoms with Gasteiger partial charge in [0.05, 0.1) is 10.7 Å². The molecule has 88 valence electrons. The first-order valence-electron chi connectivity index (χ1n) is 5.17. The molecule has 0 bridgehead atoms. The van der Waals surface area contributed by atoms with Crippen LogP contribution in [0.5, 0.6) is 0 Å². The van der Waals surface area contributed by atoms with Gasteiger partial charge in [-0.3, -0.25) is 0 Å². The summed E-state index contributed by atoms with van der Waals surface area (Å²) in [5.74, 6) is 0. The number of thiazole rings is 1. The zero-order chi connectivity index (χ0) is 12.1. The standard InChI is InChI=1S/C12H17IN2S/c1-8(12(14)5-4-9(2)13)6-11-7-16-10(3)15-11/h4,6-7,12H,5,14H2,1-3H3/t12-/m0/s1. The molecule has 1 aromatic heterocycles. The molecule has 1 aromatic rings. The Bertz CT molecular complexity index is 403. The molecule has 1 heterocycles. The Labute approximate surface area is 115 Å². The zero-order valence-corrected chi connectivity index (χ0v) is 12.8. The van der Waals surface area contributed by atoms with Crippen LogP contribution < -0.4 is 5.73 Å². The van der Waals surface area contributed by atoms with Crippen LogP contribution in [-0.2, 0) is 0 Å². The summed E-state index contributed by atoms with van der Waals surface area (Å²) in [6.07, 6.45) is 5.12. The normalized spacial score (nSPS) is 15.3. The maximum absolute atomic E-state index is 6.08. The fourth-order valence-corrected chi connectivity index (χ4v) is 2.09. The molecule has 0 spiro atoms. The minimum absolute atomic E-state index is 0.0896. The monoisotopic (exact) mass is 348 g/mol. The topological polar surface area (TPSA) is 38.9 Å². The SMILES string of the molecule is CC(I)=CC[C@H](N)C(C)=Cc1csc(C)n1. The summed E-state index contributed by atoms with van der Waals surface area (Å²) in [6, 6.07) is 0.0896. The highest BCUT2D eigenvalue weighted by Crippen LogP contribution is 2.15. The number of nitrogens with two attached hydrogens (primary N) is 1. The second kappa shape index (κ2) is 6.51. The summed E-state index contributed by atoms with van der Waals surface area (Å²) in [6.45, 7) is 6.16. The number of halogens is 1. The van der Waals surface area contributed by atoms with Gasteiger partial charge in [-0.05, 0) is 59.4 Å². The second-order valence-electron chi connectivity index (χ2n) is 3.81. The van der Waals surface area contributed by atoms with Gasteiger partial charge in [-0.15, -0.1) is 11.3 Å². The lowest BCUT2D eigenvalue weighted by Gasteiger charge is -2.09. The molecular weight excluding hydrogens is 331 g/mol. The van der Waals surface area contributed by atoms with E-state index in [0.717, 1.165) is 17.1 Å². The molecule has 0 aliphatic rings. The predicted octanol–water partition coefficient (Wildman–Crippen LogP) is 3.91. The Morgan fingerprint density at radius 1 is 1.62 bits per heavy atom. The number of hydrogen-bond acceptors (Lipinski definition) is 3. The van der Waals surface area contributed by atoms with Crippen LogP contribution >= 0.6 is 33.9 Å². The number of aromatic nitrogens is 1. The molecule has 1 atom stereocenters. The Balaban J connectivity index is 2.66. The van der Waals surface area contributed by atoms with E-state index in [1.54, 1.807) is 11.3 Å². The Hall–Kier alpha value is -0.200. The van der Waals surface area contributed by atoms with Crippen LogP contribution in [0.2, 0.25) is 0 Å². The molecule has 0 aliphatic heterocycles. The van der Waals surface area contributed by atoms with Gasteiger partial charge in [-0.2, -0.15) is 0 Å². The maximum Gasteiger partial charge on any atom is 0.0901 e. The van der Waals surface area contributed by atoms with Crippen molar-refractivity contribution in [2.45, 2.75) is 33.2 Å². The summed E-state index contributed by atoms with van der Waals surface area (Å²) < 4.78 is 1.28. The highest BCUT2D eigenvalue weighted by molar-refractivity contribution is 14.1. The van der Waals surface area contributed by atoms with E-state index in [0.29, 0.717) is 0 Å². The fourth-order valence-electron chi connectivity index (χ4n) is 1.26. The largest absolute Gasteiger partial charge is 0.324 e. The molecule has 0 saturated carbocycles. The van der Waals surface area contributed by atoms with Gasteiger partial charge in [0, 0.05) is 11.4 Å². The molecule has 2 N–H and O–H groups in total. The zero-order valence-electron chi connectivity index (χ0n) is 9.83. The first-order chi connectivity index (χ1) is 7.49. The Morgan fingerprint density at radius 2 is 2.31 bits per heavy atom. The van der Waals surface area contributed by atoms with E-state index in [1.165, 1.54) is 9.15 Å². The van der Waals surface area contributed by atoms with E-state index in [1.807, 2.05) is 6.92 Å². The van der Waals surface area contributed by atoms with Gasteiger partial charge in [0.2, 0.25) is 0 Å². The van der Waals surface area contributed by atoms with Gasteiger partial charge in [-0.25, -0.2) is 4.98 Å². The van der Waals surface area contributed by atoms with Crippen LogP contribution in [0, 0.1) is 6.92 Å². The van der Waals surface area contributed by atoms with Crippen LogP contribution in [0.3, 0.4) is 0 Å². The highest BCUT2D eigenvalue weighted by Gasteiger charge is 2.04. The first-order valence-corrected chi connectivity index (χ1v) is 7.13. The van der Waals surface area contributed by atoms with E-state index in [4.69, 9.17) is 5.73 Å². The summed E-state index contributed by atoms with van der Waals surface area (Å²) in [5, 5.41) is 3.15. The number of aryl methyl sites for hydroxylation is 1. The van der Waals surface area contributed by atoms with Crippen molar-refractivity contribution < 1.29 is 0 Å². The second-order valence-corrected chi connectivity index (χ2v) is 6.58. The van der Waals surface area contributed by atoms with E-state index < -0.39 is 0 Å². The summed E-state index contributed by atoms with van der Waals surface area (Å²) in [4.78, 5) is 4.40. The van der Waals surface area contributed by atoms with Crippen molar-refractivity contribution >= 4 is 40.0 Å². The summed E-state index contributed by atoms with van der Waals surface area (Å²) in [5.41, 5.74) is 8.28. The average molecular weight is 348 g/mol. The molecule has 0 radical (unpaired) electrons. The van der Waals surface area contributed by atoms with Crippen molar-refractivity contribution in [3.05, 3.63) is 31.3 Å². The molecule has 0 saturated heterocycles. The van der Waals surface area contributed by atoms with Crippen molar-refractivity contribution in [3.63, 3.8) is 0 Å². The molecule has 0 aromatic carbocycles. The van der Waals surface area contributed by atoms with Crippen molar-refractivity contribution in [2.24, 2.45) is 5.73 Å². The fraction of sp³-hybridized carbons (Fsp3) is 0.417. The molecule has 2 nitrogen and oxygen atoms in total. The van der Waals surface area contributed by atoms with Crippen LogP contribution in [0.15, 0.2) is 20.6 Å². The molecule has 1 rings (SSSR count). The predicted molar refractivity (Wildman–Crippen MR) is 80.9 cm³/mol. The maximum atomic E-state index is 6.08. The van der Waals surface area contributed by atoms with E-state index in [2.05, 4.69) is 59.0 Å². The lowest BCUT2D eigenvalue weighted by Crippen LogP contribution is -2.20. The molecular formula is C12H17IN2S. The number of allylic oxidation sites excluding steroid dienone is 1. The highest BCUT2D eigenvalue weighted by atomic mass is 127. The quantitative estimate of drug-likeness (QED) is 0.838. The Morgan fingerprint density at radius 3 is 2.81 bits per heavy atom. The molecule has 0 amide bonds. The third-order valence-electron chi connectivity index (χ3n) is 2.25. The minimum Gasteiger partial charge on any atom is -0.324 e. The minimum atomic E-state index is 0.0896. The van der Waals surface area contributed by atoms with Crippen molar-refractivity contribution in [3.8, 4) is 0 Å². The van der Waals surface area contributed by atoms with Gasteiger partial charge < -0.3 is 5.73 Å². The number of rotatable bonds is 4. The first kappa shape index (κ1) is 13.9. The number of hydrogen-bond donors (Lipinski definition) is 1. The molecule has 16 heavy (non-hydrogen) atoms. The summed E-state index contributed by atoms with van der Waals surface area (Å²) in [7, 11) is 0. The molecule has 0 fully saturated rings. The van der Waals surface area contributed by atoms with Gasteiger partial charge in [0.25, 0.3) is 0 Å². The van der Waals surface area contributed by atoms with Gasteiger partial charge in [0.1, 0.15) is 0 Å². The Kier molecular flexibility index (Phi) is 5.64. The lowest BCUT2D eigenvalue weighted by atomic mass is 10.1. The lowest BCUT2D eigenvalue weighted by molar-refractivity contribution is 0.787. The van der Waals surface area contributed by atoms with E-state index >= 15 is 0 Å². The number of nitrogens with zero attached hydrogens (tertiary/aromatic N) is 1. The van der Waals surface area contributed by atoms with Crippen LogP contribution in [0.25, 0.3) is 6.08 Å². The molecule has 4 heteroatoms. The van der Waals surface area contributed by atoms with Gasteiger partial charge >= 0.3 is 0 Å². The van der Waals surface area contributed by atoms with Crippen molar-refractivity contribution in [2.75, 3.05) is 0 Å². The summed E-state index contributed by atoms with van der Waals surface area (Å²) >= 11 is 3.97. The smallest absolute Gasteiger partial charge is 0.0901 e. The van der Waals surface area contributed by atoms with E-state index in [-0.39, 0.29) is 6.04 Å². The molecule has 0 aliphatic carbocycles. The van der Waals surface area contributed by atoms with Crippen molar-refractivity contribution in [1.82, 2.24) is 4.98 Å². The van der Waals surface area contributed by atoms with Gasteiger partial charge in [0.15, 0.2) is 0 Å². The third-order valence-corrected chi connectivity index (χ3v) is 3.48. The average Bonchev–Trinajstić information content (AvgIpc) is 2.60. The van der Waals surface area contributed by atoms with E-state index in [9.17, 15) is 0 Å². The van der Waals surface area contributed by atoms with Gasteiger partial charge in [-0.1, -0.05) is 11.6 Å².